The number of hydrogen-bond donors (Lipinski definition) is 0. The number of methoxy groups -OCH3 is 1. The van der Waals surface area contributed by atoms with Crippen molar-refractivity contribution >= 4 is 49.1 Å². The SMILES string of the molecule is COCCCN1C(=O)c2cccc3c(CC(=O)C4CCCN(S(=O)(=O)c5cccc6cccnc56)C4)ccc1c23. The number of piperidine rings is 1. The molecule has 4 aromatic rings. The van der Waals surface area contributed by atoms with E-state index in [0.29, 0.717) is 43.6 Å². The van der Waals surface area contributed by atoms with Crippen LogP contribution < -0.4 is 4.90 Å². The number of amides is 1. The molecular weight excluding hydrogens is 526 g/mol. The van der Waals surface area contributed by atoms with E-state index < -0.39 is 15.9 Å². The molecule has 3 heterocycles. The van der Waals surface area contributed by atoms with E-state index in [-0.39, 0.29) is 29.6 Å². The molecule has 6 rings (SSSR count). The zero-order valence-electron chi connectivity index (χ0n) is 22.4. The molecule has 1 unspecified atom stereocenters. The van der Waals surface area contributed by atoms with Crippen LogP contribution in [0.5, 0.6) is 0 Å². The fourth-order valence-electron chi connectivity index (χ4n) is 6.03. The van der Waals surface area contributed by atoms with Crippen molar-refractivity contribution < 1.29 is 22.7 Å². The van der Waals surface area contributed by atoms with Crippen molar-refractivity contribution in [2.75, 3.05) is 38.3 Å². The van der Waals surface area contributed by atoms with Crippen LogP contribution in [0.4, 0.5) is 5.69 Å². The number of sulfonamides is 1. The van der Waals surface area contributed by atoms with Gasteiger partial charge in [0.25, 0.3) is 5.91 Å². The summed E-state index contributed by atoms with van der Waals surface area (Å²) in [5.74, 6) is -0.421. The minimum Gasteiger partial charge on any atom is -0.385 e. The Balaban J connectivity index is 1.24. The Morgan fingerprint density at radius 3 is 2.75 bits per heavy atom. The number of ketones is 1. The highest BCUT2D eigenvalue weighted by Gasteiger charge is 2.35. The van der Waals surface area contributed by atoms with Crippen LogP contribution in [0.3, 0.4) is 0 Å². The summed E-state index contributed by atoms with van der Waals surface area (Å²) in [6.45, 7) is 1.66. The summed E-state index contributed by atoms with van der Waals surface area (Å²) < 4.78 is 33.9. The van der Waals surface area contributed by atoms with Gasteiger partial charge in [0, 0.05) is 68.2 Å². The van der Waals surface area contributed by atoms with E-state index in [0.717, 1.165) is 33.8 Å². The third-order valence-electron chi connectivity index (χ3n) is 8.02. The van der Waals surface area contributed by atoms with E-state index in [2.05, 4.69) is 4.98 Å². The Morgan fingerprint density at radius 1 is 1.07 bits per heavy atom. The highest BCUT2D eigenvalue weighted by atomic mass is 32.2. The molecule has 3 aromatic carbocycles. The summed E-state index contributed by atoms with van der Waals surface area (Å²) in [5.41, 5.74) is 2.81. The summed E-state index contributed by atoms with van der Waals surface area (Å²) >= 11 is 0. The van der Waals surface area contributed by atoms with E-state index >= 15 is 0 Å². The zero-order valence-corrected chi connectivity index (χ0v) is 23.2. The van der Waals surface area contributed by atoms with Crippen molar-refractivity contribution in [1.82, 2.24) is 9.29 Å². The van der Waals surface area contributed by atoms with E-state index in [1.54, 1.807) is 36.4 Å². The van der Waals surface area contributed by atoms with Crippen molar-refractivity contribution in [3.8, 4) is 0 Å². The first-order valence-corrected chi connectivity index (χ1v) is 15.1. The number of para-hydroxylation sites is 1. The highest BCUT2D eigenvalue weighted by molar-refractivity contribution is 7.89. The molecule has 1 aromatic heterocycles. The highest BCUT2D eigenvalue weighted by Crippen LogP contribution is 2.39. The fraction of sp³-hybridized carbons (Fsp3) is 0.323. The molecule has 8 nitrogen and oxygen atoms in total. The largest absolute Gasteiger partial charge is 0.385 e. The van der Waals surface area contributed by atoms with Crippen LogP contribution in [0.15, 0.2) is 71.8 Å². The van der Waals surface area contributed by atoms with E-state index in [4.69, 9.17) is 4.74 Å². The summed E-state index contributed by atoms with van der Waals surface area (Å²) in [5, 5.41) is 2.54. The number of aromatic nitrogens is 1. The summed E-state index contributed by atoms with van der Waals surface area (Å²) in [6.07, 6.45) is 3.77. The Bertz CT molecular complexity index is 1730. The smallest absolute Gasteiger partial charge is 0.258 e. The molecular formula is C31H31N3O5S. The average Bonchev–Trinajstić information content (AvgIpc) is 3.26. The maximum Gasteiger partial charge on any atom is 0.258 e. The van der Waals surface area contributed by atoms with Crippen molar-refractivity contribution in [3.63, 3.8) is 0 Å². The Morgan fingerprint density at radius 2 is 1.90 bits per heavy atom. The van der Waals surface area contributed by atoms with Crippen LogP contribution in [-0.2, 0) is 26.0 Å². The lowest BCUT2D eigenvalue weighted by Gasteiger charge is -2.31. The van der Waals surface area contributed by atoms with Crippen LogP contribution in [-0.4, -0.2) is 62.7 Å². The zero-order chi connectivity index (χ0) is 27.9. The Hall–Kier alpha value is -3.66. The molecule has 206 valence electrons. The van der Waals surface area contributed by atoms with Gasteiger partial charge in [0.05, 0.1) is 11.2 Å². The van der Waals surface area contributed by atoms with Gasteiger partial charge < -0.3 is 9.64 Å². The Labute approximate surface area is 233 Å². The van der Waals surface area contributed by atoms with Crippen LogP contribution in [0.25, 0.3) is 21.7 Å². The molecule has 1 fully saturated rings. The van der Waals surface area contributed by atoms with Crippen LogP contribution in [0.1, 0.15) is 35.2 Å². The lowest BCUT2D eigenvalue weighted by atomic mass is 9.89. The number of ether oxygens (including phenoxy) is 1. The number of hydrogen-bond acceptors (Lipinski definition) is 6. The van der Waals surface area contributed by atoms with Crippen molar-refractivity contribution in [2.24, 2.45) is 5.92 Å². The number of benzene rings is 3. The van der Waals surface area contributed by atoms with Gasteiger partial charge in [-0.05, 0) is 54.5 Å². The van der Waals surface area contributed by atoms with Gasteiger partial charge in [-0.1, -0.05) is 36.4 Å². The minimum atomic E-state index is -3.82. The summed E-state index contributed by atoms with van der Waals surface area (Å²) in [7, 11) is -2.18. The normalized spacial score (nSPS) is 17.7. The quantitative estimate of drug-likeness (QED) is 0.279. The topological polar surface area (TPSA) is 96.9 Å². The number of nitrogens with zero attached hydrogens (tertiary/aromatic N) is 3. The maximum atomic E-state index is 13.7. The molecule has 1 atom stereocenters. The number of anilines is 1. The van der Waals surface area contributed by atoms with E-state index in [9.17, 15) is 18.0 Å². The van der Waals surface area contributed by atoms with Gasteiger partial charge in [-0.3, -0.25) is 14.6 Å². The summed E-state index contributed by atoms with van der Waals surface area (Å²) in [6, 6.07) is 18.3. The second-order valence-electron chi connectivity index (χ2n) is 10.5. The molecule has 40 heavy (non-hydrogen) atoms. The molecule has 2 aliphatic heterocycles. The number of carbonyl (C=O) groups is 2. The second kappa shape index (κ2) is 10.7. The third kappa shape index (κ3) is 4.58. The predicted molar refractivity (Wildman–Crippen MR) is 154 cm³/mol. The first-order valence-electron chi connectivity index (χ1n) is 13.6. The number of fused-ring (bicyclic) bond motifs is 1. The van der Waals surface area contributed by atoms with Gasteiger partial charge in [-0.2, -0.15) is 4.31 Å². The van der Waals surface area contributed by atoms with Crippen LogP contribution in [0.2, 0.25) is 0 Å². The van der Waals surface area contributed by atoms with Crippen molar-refractivity contribution in [2.45, 2.75) is 30.6 Å². The van der Waals surface area contributed by atoms with Gasteiger partial charge in [-0.25, -0.2) is 8.42 Å². The summed E-state index contributed by atoms with van der Waals surface area (Å²) in [4.78, 5) is 33.0. The molecule has 0 bridgehead atoms. The van der Waals surface area contributed by atoms with Crippen LogP contribution >= 0.6 is 0 Å². The van der Waals surface area contributed by atoms with Gasteiger partial charge in [0.15, 0.2) is 0 Å². The molecule has 2 aliphatic rings. The lowest BCUT2D eigenvalue weighted by molar-refractivity contribution is -0.123. The number of rotatable bonds is 9. The molecule has 0 aliphatic carbocycles. The molecule has 0 N–H and O–H groups in total. The molecule has 1 saturated heterocycles. The predicted octanol–water partition coefficient (Wildman–Crippen LogP) is 4.60. The standard InChI is InChI=1S/C31H31N3O5S/c1-39-18-6-17-34-26-14-13-22(24-10-3-11-25(29(24)26)31(34)36)19-27(35)23-9-5-16-33(20-23)40(37,38)28-12-2-7-21-8-4-15-32-30(21)28/h2-4,7-8,10-15,23H,5-6,9,16-20H2,1H3. The molecule has 0 spiro atoms. The average molecular weight is 558 g/mol. The van der Waals surface area contributed by atoms with Crippen molar-refractivity contribution in [3.05, 3.63) is 78.0 Å². The van der Waals surface area contributed by atoms with Gasteiger partial charge >= 0.3 is 0 Å². The fourth-order valence-corrected chi connectivity index (χ4v) is 7.72. The number of carbonyl (C=O) groups excluding carboxylic acids is 2. The molecule has 0 saturated carbocycles. The van der Waals surface area contributed by atoms with E-state index in [1.165, 1.54) is 4.31 Å². The van der Waals surface area contributed by atoms with E-state index in [1.807, 2.05) is 42.5 Å². The molecule has 0 radical (unpaired) electrons. The van der Waals surface area contributed by atoms with Gasteiger partial charge in [-0.15, -0.1) is 0 Å². The van der Waals surface area contributed by atoms with Crippen LogP contribution in [0, 0.1) is 5.92 Å². The Kier molecular flexibility index (Phi) is 7.12. The van der Waals surface area contributed by atoms with Crippen molar-refractivity contribution in [1.29, 1.82) is 0 Å². The maximum absolute atomic E-state index is 13.7. The van der Waals surface area contributed by atoms with Gasteiger partial charge in [0.1, 0.15) is 10.7 Å². The minimum absolute atomic E-state index is 0.0120. The third-order valence-corrected chi connectivity index (χ3v) is 9.92. The monoisotopic (exact) mass is 557 g/mol. The first kappa shape index (κ1) is 26.6. The van der Waals surface area contributed by atoms with Gasteiger partial charge in [0.2, 0.25) is 10.0 Å². The second-order valence-corrected chi connectivity index (χ2v) is 12.4. The first-order chi connectivity index (χ1) is 19.4. The molecule has 9 heteroatoms. The molecule has 1 amide bonds. The lowest BCUT2D eigenvalue weighted by Crippen LogP contribution is -2.42. The number of Topliss-reactive ketones (excluding diaryl/α,β-unsaturated/α-hetero) is 1. The number of pyridine rings is 1.